The summed E-state index contributed by atoms with van der Waals surface area (Å²) in [5.41, 5.74) is 0.684. The molecule has 0 aromatic carbocycles. The van der Waals surface area contributed by atoms with Crippen LogP contribution in [-0.4, -0.2) is 44.7 Å². The standard InChI is InChI=1S/C16H20N4O4/c1-10-4-5-19(14(21)6-10)9-15(22)20-7-11(2)23-13(8-20)16-17-12(3)18-24-16/h4-6,11,13H,7-9H2,1-3H3/t11-,13-/m1/s1. The molecule has 8 nitrogen and oxygen atoms in total. The Kier molecular flexibility index (Phi) is 4.48. The number of morpholine rings is 1. The molecule has 8 heteroatoms. The molecule has 0 radical (unpaired) electrons. The lowest BCUT2D eigenvalue weighted by Crippen LogP contribution is -2.47. The van der Waals surface area contributed by atoms with Gasteiger partial charge in [-0.1, -0.05) is 5.16 Å². The number of ether oxygens (including phenoxy) is 1. The number of rotatable bonds is 3. The van der Waals surface area contributed by atoms with Crippen molar-refractivity contribution in [3.63, 3.8) is 0 Å². The van der Waals surface area contributed by atoms with Gasteiger partial charge in [-0.2, -0.15) is 4.98 Å². The summed E-state index contributed by atoms with van der Waals surface area (Å²) >= 11 is 0. The zero-order valence-corrected chi connectivity index (χ0v) is 13.9. The van der Waals surface area contributed by atoms with Crippen molar-refractivity contribution in [3.8, 4) is 0 Å². The molecule has 128 valence electrons. The molecule has 1 saturated heterocycles. The number of hydrogen-bond donors (Lipinski definition) is 0. The van der Waals surface area contributed by atoms with Crippen LogP contribution in [0.4, 0.5) is 0 Å². The summed E-state index contributed by atoms with van der Waals surface area (Å²) in [6, 6.07) is 3.32. The van der Waals surface area contributed by atoms with Crippen molar-refractivity contribution in [1.82, 2.24) is 19.6 Å². The van der Waals surface area contributed by atoms with Gasteiger partial charge in [0.25, 0.3) is 11.4 Å². The first-order valence-electron chi connectivity index (χ1n) is 7.83. The van der Waals surface area contributed by atoms with Crippen LogP contribution in [0, 0.1) is 13.8 Å². The van der Waals surface area contributed by atoms with E-state index in [1.54, 1.807) is 24.1 Å². The third kappa shape index (κ3) is 3.53. The van der Waals surface area contributed by atoms with E-state index in [1.807, 2.05) is 13.8 Å². The van der Waals surface area contributed by atoms with Crippen LogP contribution < -0.4 is 5.56 Å². The number of nitrogens with zero attached hydrogens (tertiary/aromatic N) is 4. The van der Waals surface area contributed by atoms with E-state index in [9.17, 15) is 9.59 Å². The quantitative estimate of drug-likeness (QED) is 0.827. The fraction of sp³-hybridized carbons (Fsp3) is 0.500. The van der Waals surface area contributed by atoms with E-state index in [2.05, 4.69) is 10.1 Å². The number of amides is 1. The fourth-order valence-electron chi connectivity index (χ4n) is 2.72. The molecule has 2 aromatic heterocycles. The lowest BCUT2D eigenvalue weighted by molar-refractivity contribution is -0.147. The highest BCUT2D eigenvalue weighted by Crippen LogP contribution is 2.24. The van der Waals surface area contributed by atoms with E-state index in [1.165, 1.54) is 10.6 Å². The van der Waals surface area contributed by atoms with Crippen molar-refractivity contribution in [3.05, 3.63) is 46.0 Å². The van der Waals surface area contributed by atoms with Crippen LogP contribution in [0.25, 0.3) is 0 Å². The van der Waals surface area contributed by atoms with Crippen LogP contribution in [0.2, 0.25) is 0 Å². The summed E-state index contributed by atoms with van der Waals surface area (Å²) < 4.78 is 12.4. The maximum atomic E-state index is 12.6. The van der Waals surface area contributed by atoms with Gasteiger partial charge in [0.1, 0.15) is 6.54 Å². The summed E-state index contributed by atoms with van der Waals surface area (Å²) in [7, 11) is 0. The van der Waals surface area contributed by atoms with Crippen LogP contribution in [-0.2, 0) is 16.1 Å². The van der Waals surface area contributed by atoms with E-state index >= 15 is 0 Å². The van der Waals surface area contributed by atoms with Crippen molar-refractivity contribution < 1.29 is 14.1 Å². The van der Waals surface area contributed by atoms with Gasteiger partial charge in [-0.15, -0.1) is 0 Å². The molecule has 1 fully saturated rings. The summed E-state index contributed by atoms with van der Waals surface area (Å²) in [4.78, 5) is 30.4. The zero-order valence-electron chi connectivity index (χ0n) is 13.9. The molecule has 1 amide bonds. The molecule has 0 spiro atoms. The van der Waals surface area contributed by atoms with Gasteiger partial charge in [0.15, 0.2) is 11.9 Å². The van der Waals surface area contributed by atoms with Gasteiger partial charge in [0, 0.05) is 18.8 Å². The monoisotopic (exact) mass is 332 g/mol. The summed E-state index contributed by atoms with van der Waals surface area (Å²) in [6.07, 6.45) is 1.03. The molecule has 3 rings (SSSR count). The first-order chi connectivity index (χ1) is 11.4. The Morgan fingerprint density at radius 3 is 2.83 bits per heavy atom. The average molecular weight is 332 g/mol. The predicted octanol–water partition coefficient (Wildman–Crippen LogP) is 0.837. The number of carbonyl (C=O) groups is 1. The number of aromatic nitrogens is 3. The molecule has 0 saturated carbocycles. The molecule has 0 bridgehead atoms. The average Bonchev–Trinajstić information content (AvgIpc) is 2.96. The maximum Gasteiger partial charge on any atom is 0.257 e. The van der Waals surface area contributed by atoms with Crippen LogP contribution >= 0.6 is 0 Å². The van der Waals surface area contributed by atoms with Gasteiger partial charge in [-0.05, 0) is 32.4 Å². The van der Waals surface area contributed by atoms with Crippen LogP contribution in [0.15, 0.2) is 27.6 Å². The van der Waals surface area contributed by atoms with E-state index < -0.39 is 6.10 Å². The third-order valence-corrected chi connectivity index (χ3v) is 3.89. The Morgan fingerprint density at radius 2 is 2.17 bits per heavy atom. The molecule has 1 aliphatic rings. The minimum Gasteiger partial charge on any atom is -0.362 e. The molecular formula is C16H20N4O4. The van der Waals surface area contributed by atoms with Gasteiger partial charge >= 0.3 is 0 Å². The largest absolute Gasteiger partial charge is 0.362 e. The van der Waals surface area contributed by atoms with Crippen molar-refractivity contribution in [1.29, 1.82) is 0 Å². The molecule has 3 heterocycles. The van der Waals surface area contributed by atoms with Gasteiger partial charge in [0.05, 0.1) is 12.6 Å². The van der Waals surface area contributed by atoms with E-state index in [0.29, 0.717) is 24.8 Å². The van der Waals surface area contributed by atoms with Crippen LogP contribution in [0.1, 0.15) is 30.3 Å². The Hall–Kier alpha value is -2.48. The second kappa shape index (κ2) is 6.56. The van der Waals surface area contributed by atoms with Gasteiger partial charge < -0.3 is 18.7 Å². The predicted molar refractivity (Wildman–Crippen MR) is 84.3 cm³/mol. The van der Waals surface area contributed by atoms with Crippen LogP contribution in [0.5, 0.6) is 0 Å². The first-order valence-corrected chi connectivity index (χ1v) is 7.83. The SMILES string of the molecule is Cc1ccn(CC(=O)N2C[C@@H](C)O[C@@H](c3nc(C)no3)C2)c(=O)c1. The number of carbonyl (C=O) groups excluding carboxylic acids is 1. The summed E-state index contributed by atoms with van der Waals surface area (Å²) in [6.45, 7) is 6.24. The van der Waals surface area contributed by atoms with E-state index in [-0.39, 0.29) is 24.1 Å². The minimum absolute atomic E-state index is 0.00140. The first kappa shape index (κ1) is 16.4. The number of aryl methyl sites for hydroxylation is 2. The second-order valence-electron chi connectivity index (χ2n) is 6.08. The van der Waals surface area contributed by atoms with E-state index in [4.69, 9.17) is 9.26 Å². The molecule has 2 atom stereocenters. The van der Waals surface area contributed by atoms with Gasteiger partial charge in [-0.25, -0.2) is 0 Å². The Labute approximate surface area is 139 Å². The fourth-order valence-corrected chi connectivity index (χ4v) is 2.72. The Balaban J connectivity index is 1.73. The molecule has 24 heavy (non-hydrogen) atoms. The molecule has 0 aliphatic carbocycles. The highest BCUT2D eigenvalue weighted by atomic mass is 16.5. The molecule has 1 aliphatic heterocycles. The molecular weight excluding hydrogens is 312 g/mol. The van der Waals surface area contributed by atoms with Crippen LogP contribution in [0.3, 0.4) is 0 Å². The second-order valence-corrected chi connectivity index (χ2v) is 6.08. The van der Waals surface area contributed by atoms with Crippen molar-refractivity contribution in [2.24, 2.45) is 0 Å². The number of hydrogen-bond acceptors (Lipinski definition) is 6. The highest BCUT2D eigenvalue weighted by Gasteiger charge is 2.32. The zero-order chi connectivity index (χ0) is 17.3. The summed E-state index contributed by atoms with van der Waals surface area (Å²) in [5.74, 6) is 0.748. The van der Waals surface area contributed by atoms with Crippen molar-refractivity contribution in [2.75, 3.05) is 13.1 Å². The number of pyridine rings is 1. The third-order valence-electron chi connectivity index (χ3n) is 3.89. The molecule has 2 aromatic rings. The lowest BCUT2D eigenvalue weighted by atomic mass is 10.2. The highest BCUT2D eigenvalue weighted by molar-refractivity contribution is 5.76. The van der Waals surface area contributed by atoms with E-state index in [0.717, 1.165) is 5.56 Å². The minimum atomic E-state index is -0.450. The van der Waals surface area contributed by atoms with Crippen molar-refractivity contribution >= 4 is 5.91 Å². The normalized spacial score (nSPS) is 21.0. The Bertz CT molecular complexity index is 797. The van der Waals surface area contributed by atoms with Crippen molar-refractivity contribution in [2.45, 2.75) is 39.5 Å². The summed E-state index contributed by atoms with van der Waals surface area (Å²) in [5, 5.41) is 3.76. The van der Waals surface area contributed by atoms with Gasteiger partial charge in [0.2, 0.25) is 5.91 Å². The maximum absolute atomic E-state index is 12.6. The van der Waals surface area contributed by atoms with Gasteiger partial charge in [-0.3, -0.25) is 9.59 Å². The topological polar surface area (TPSA) is 90.5 Å². The molecule has 0 unspecified atom stereocenters. The lowest BCUT2D eigenvalue weighted by Gasteiger charge is -2.35. The molecule has 0 N–H and O–H groups in total. The Morgan fingerprint density at radius 1 is 1.38 bits per heavy atom. The smallest absolute Gasteiger partial charge is 0.257 e.